The summed E-state index contributed by atoms with van der Waals surface area (Å²) in [6.07, 6.45) is 0.197. The van der Waals surface area contributed by atoms with Crippen LogP contribution >= 0.6 is 0 Å². The van der Waals surface area contributed by atoms with Gasteiger partial charge in [-0.05, 0) is 20.8 Å². The van der Waals surface area contributed by atoms with Gasteiger partial charge in [-0.15, -0.1) is 0 Å². The Morgan fingerprint density at radius 1 is 1.58 bits per heavy atom. The predicted molar refractivity (Wildman–Crippen MR) is 72.8 cm³/mol. The molecule has 0 aromatic carbocycles. The number of nitrogens with one attached hydrogen (secondary N) is 2. The molecule has 1 aliphatic heterocycles. The molecule has 0 saturated carbocycles. The van der Waals surface area contributed by atoms with E-state index in [1.807, 2.05) is 20.8 Å². The molecule has 1 saturated heterocycles. The summed E-state index contributed by atoms with van der Waals surface area (Å²) in [5.41, 5.74) is 0. The standard InChI is InChI=1S/C13H25N3O3/c1-4-19-8-7-16-6-5-14-11(13(16)18)9-12(17)15-10(2)3/h10-11,14H,4-9H2,1-3H3,(H,15,17). The lowest BCUT2D eigenvalue weighted by Gasteiger charge is -2.33. The molecule has 110 valence electrons. The zero-order valence-corrected chi connectivity index (χ0v) is 12.1. The molecule has 1 aliphatic rings. The summed E-state index contributed by atoms with van der Waals surface area (Å²) in [4.78, 5) is 25.6. The monoisotopic (exact) mass is 271 g/mol. The second kappa shape index (κ2) is 8.12. The molecule has 1 fully saturated rings. The van der Waals surface area contributed by atoms with Gasteiger partial charge in [0.1, 0.15) is 0 Å². The first-order chi connectivity index (χ1) is 9.04. The quantitative estimate of drug-likeness (QED) is 0.626. The summed E-state index contributed by atoms with van der Waals surface area (Å²) >= 11 is 0. The summed E-state index contributed by atoms with van der Waals surface area (Å²) in [6.45, 7) is 8.93. The van der Waals surface area contributed by atoms with Crippen LogP contribution in [0.15, 0.2) is 0 Å². The fourth-order valence-electron chi connectivity index (χ4n) is 2.06. The number of carbonyl (C=O) groups excluding carboxylic acids is 2. The molecular formula is C13H25N3O3. The molecular weight excluding hydrogens is 246 g/mol. The average Bonchev–Trinajstić information content (AvgIpc) is 2.33. The van der Waals surface area contributed by atoms with Gasteiger partial charge in [0.2, 0.25) is 11.8 Å². The van der Waals surface area contributed by atoms with E-state index in [-0.39, 0.29) is 24.3 Å². The molecule has 1 heterocycles. The highest BCUT2D eigenvalue weighted by atomic mass is 16.5. The highest BCUT2D eigenvalue weighted by molar-refractivity contribution is 5.89. The van der Waals surface area contributed by atoms with E-state index >= 15 is 0 Å². The zero-order chi connectivity index (χ0) is 14.3. The first-order valence-corrected chi connectivity index (χ1v) is 6.93. The number of rotatable bonds is 7. The maximum atomic E-state index is 12.2. The Balaban J connectivity index is 2.41. The van der Waals surface area contributed by atoms with E-state index in [1.54, 1.807) is 4.90 Å². The molecule has 19 heavy (non-hydrogen) atoms. The van der Waals surface area contributed by atoms with Gasteiger partial charge in [0, 0.05) is 32.3 Å². The molecule has 2 amide bonds. The Morgan fingerprint density at radius 2 is 2.32 bits per heavy atom. The second-order valence-corrected chi connectivity index (χ2v) is 4.96. The number of hydrogen-bond donors (Lipinski definition) is 2. The minimum atomic E-state index is -0.408. The van der Waals surface area contributed by atoms with Gasteiger partial charge in [-0.1, -0.05) is 0 Å². The lowest BCUT2D eigenvalue weighted by atomic mass is 10.1. The zero-order valence-electron chi connectivity index (χ0n) is 12.1. The molecule has 0 radical (unpaired) electrons. The van der Waals surface area contributed by atoms with Gasteiger partial charge in [-0.2, -0.15) is 0 Å². The molecule has 1 atom stereocenters. The topological polar surface area (TPSA) is 70.7 Å². The Kier molecular flexibility index (Phi) is 6.80. The van der Waals surface area contributed by atoms with Crippen molar-refractivity contribution in [3.8, 4) is 0 Å². The van der Waals surface area contributed by atoms with Gasteiger partial charge < -0.3 is 20.3 Å². The molecule has 0 spiro atoms. The van der Waals surface area contributed by atoms with Crippen molar-refractivity contribution in [2.45, 2.75) is 39.3 Å². The lowest BCUT2D eigenvalue weighted by Crippen LogP contribution is -2.57. The molecule has 0 aromatic heterocycles. The van der Waals surface area contributed by atoms with E-state index in [2.05, 4.69) is 10.6 Å². The van der Waals surface area contributed by atoms with E-state index < -0.39 is 6.04 Å². The smallest absolute Gasteiger partial charge is 0.240 e. The summed E-state index contributed by atoms with van der Waals surface area (Å²) in [6, 6.07) is -0.311. The van der Waals surface area contributed by atoms with Gasteiger partial charge in [0.25, 0.3) is 0 Å². The van der Waals surface area contributed by atoms with Crippen LogP contribution in [0.3, 0.4) is 0 Å². The number of carbonyl (C=O) groups is 2. The fraction of sp³-hybridized carbons (Fsp3) is 0.846. The third-order valence-corrected chi connectivity index (χ3v) is 2.93. The Labute approximate surface area is 114 Å². The van der Waals surface area contributed by atoms with Crippen molar-refractivity contribution in [1.82, 2.24) is 15.5 Å². The van der Waals surface area contributed by atoms with Crippen molar-refractivity contribution in [2.75, 3.05) is 32.8 Å². The minimum Gasteiger partial charge on any atom is -0.380 e. The molecule has 1 unspecified atom stereocenters. The minimum absolute atomic E-state index is 0.00939. The maximum Gasteiger partial charge on any atom is 0.240 e. The van der Waals surface area contributed by atoms with Gasteiger partial charge in [0.05, 0.1) is 19.1 Å². The lowest BCUT2D eigenvalue weighted by molar-refractivity contribution is -0.139. The van der Waals surface area contributed by atoms with E-state index in [0.29, 0.717) is 26.3 Å². The fourth-order valence-corrected chi connectivity index (χ4v) is 2.06. The number of piperazine rings is 1. The number of nitrogens with zero attached hydrogens (tertiary/aromatic N) is 1. The van der Waals surface area contributed by atoms with Crippen LogP contribution in [0.1, 0.15) is 27.2 Å². The van der Waals surface area contributed by atoms with Crippen LogP contribution in [-0.4, -0.2) is 61.6 Å². The highest BCUT2D eigenvalue weighted by Crippen LogP contribution is 2.05. The van der Waals surface area contributed by atoms with E-state index in [9.17, 15) is 9.59 Å². The first kappa shape index (κ1) is 15.9. The van der Waals surface area contributed by atoms with Crippen molar-refractivity contribution in [3.63, 3.8) is 0 Å². The van der Waals surface area contributed by atoms with Crippen LogP contribution in [0.25, 0.3) is 0 Å². The van der Waals surface area contributed by atoms with Crippen molar-refractivity contribution in [3.05, 3.63) is 0 Å². The van der Waals surface area contributed by atoms with Gasteiger partial charge in [-0.25, -0.2) is 0 Å². The predicted octanol–water partition coefficient (Wildman–Crippen LogP) is -0.262. The largest absolute Gasteiger partial charge is 0.380 e. The van der Waals surface area contributed by atoms with E-state index in [1.165, 1.54) is 0 Å². The Bertz CT molecular complexity index is 308. The third-order valence-electron chi connectivity index (χ3n) is 2.93. The number of hydrogen-bond acceptors (Lipinski definition) is 4. The van der Waals surface area contributed by atoms with Crippen molar-refractivity contribution in [1.29, 1.82) is 0 Å². The van der Waals surface area contributed by atoms with Crippen molar-refractivity contribution < 1.29 is 14.3 Å². The van der Waals surface area contributed by atoms with Gasteiger partial charge >= 0.3 is 0 Å². The Hall–Kier alpha value is -1.14. The van der Waals surface area contributed by atoms with Gasteiger partial charge in [-0.3, -0.25) is 9.59 Å². The summed E-state index contributed by atoms with van der Waals surface area (Å²) in [5.74, 6) is -0.0997. The second-order valence-electron chi connectivity index (χ2n) is 4.96. The van der Waals surface area contributed by atoms with Crippen LogP contribution in [0.2, 0.25) is 0 Å². The highest BCUT2D eigenvalue weighted by Gasteiger charge is 2.29. The number of ether oxygens (including phenoxy) is 1. The van der Waals surface area contributed by atoms with Crippen molar-refractivity contribution in [2.24, 2.45) is 0 Å². The van der Waals surface area contributed by atoms with E-state index in [4.69, 9.17) is 4.74 Å². The van der Waals surface area contributed by atoms with Crippen LogP contribution in [-0.2, 0) is 14.3 Å². The molecule has 2 N–H and O–H groups in total. The summed E-state index contributed by atoms with van der Waals surface area (Å²) in [5, 5.41) is 5.90. The van der Waals surface area contributed by atoms with E-state index in [0.717, 1.165) is 6.54 Å². The molecule has 0 bridgehead atoms. The first-order valence-electron chi connectivity index (χ1n) is 6.93. The van der Waals surface area contributed by atoms with Crippen LogP contribution < -0.4 is 10.6 Å². The average molecular weight is 271 g/mol. The molecule has 6 nitrogen and oxygen atoms in total. The Morgan fingerprint density at radius 3 is 2.95 bits per heavy atom. The maximum absolute atomic E-state index is 12.2. The summed E-state index contributed by atoms with van der Waals surface area (Å²) in [7, 11) is 0. The van der Waals surface area contributed by atoms with Crippen LogP contribution in [0, 0.1) is 0 Å². The normalized spacial score (nSPS) is 19.9. The van der Waals surface area contributed by atoms with Crippen LogP contribution in [0.5, 0.6) is 0 Å². The summed E-state index contributed by atoms with van der Waals surface area (Å²) < 4.78 is 5.26. The molecule has 6 heteroatoms. The molecule has 0 aromatic rings. The van der Waals surface area contributed by atoms with Crippen LogP contribution in [0.4, 0.5) is 0 Å². The number of amides is 2. The SMILES string of the molecule is CCOCCN1CCNC(CC(=O)NC(C)C)C1=O. The van der Waals surface area contributed by atoms with Crippen molar-refractivity contribution >= 4 is 11.8 Å². The third kappa shape index (κ3) is 5.57. The molecule has 0 aliphatic carbocycles. The van der Waals surface area contributed by atoms with Gasteiger partial charge in [0.15, 0.2) is 0 Å². The molecule has 1 rings (SSSR count).